The third-order valence-electron chi connectivity index (χ3n) is 5.13. The summed E-state index contributed by atoms with van der Waals surface area (Å²) in [7, 11) is 2.00. The smallest absolute Gasteiger partial charge is 0.236 e. The number of nitrogens with one attached hydrogen (secondary N) is 1. The second-order valence-electron chi connectivity index (χ2n) is 6.79. The summed E-state index contributed by atoms with van der Waals surface area (Å²) in [4.78, 5) is 20.4. The highest BCUT2D eigenvalue weighted by Crippen LogP contribution is 2.27. The van der Waals surface area contributed by atoms with Gasteiger partial charge < -0.3 is 20.1 Å². The molecule has 1 aromatic heterocycles. The van der Waals surface area contributed by atoms with Crippen molar-refractivity contribution < 1.29 is 4.79 Å². The number of hydrogen-bond donors (Lipinski definition) is 2. The molecule has 134 valence electrons. The second-order valence-corrected chi connectivity index (χ2v) is 6.79. The third-order valence-corrected chi connectivity index (χ3v) is 5.13. The van der Waals surface area contributed by atoms with Crippen LogP contribution in [0.25, 0.3) is 11.0 Å². The molecule has 7 nitrogen and oxygen atoms in total. The van der Waals surface area contributed by atoms with Gasteiger partial charge in [-0.15, -0.1) is 0 Å². The van der Waals surface area contributed by atoms with Crippen molar-refractivity contribution in [2.75, 3.05) is 24.5 Å². The lowest BCUT2D eigenvalue weighted by atomic mass is 10.0. The third kappa shape index (κ3) is 3.45. The number of imidazole rings is 1. The molecule has 0 aliphatic carbocycles. The van der Waals surface area contributed by atoms with Gasteiger partial charge in [-0.25, -0.2) is 4.98 Å². The zero-order chi connectivity index (χ0) is 18.1. The van der Waals surface area contributed by atoms with Crippen LogP contribution in [-0.2, 0) is 11.8 Å². The number of benzene rings is 1. The monoisotopic (exact) mass is 342 g/mol. The van der Waals surface area contributed by atoms with Crippen molar-refractivity contribution in [1.29, 1.82) is 5.41 Å². The van der Waals surface area contributed by atoms with Crippen molar-refractivity contribution >= 4 is 28.5 Å². The predicted octanol–water partition coefficient (Wildman–Crippen LogP) is 1.63. The minimum Gasteiger partial charge on any atom is -0.368 e. The van der Waals surface area contributed by atoms with Gasteiger partial charge in [-0.1, -0.05) is 0 Å². The number of carbonyl (C=O) groups excluding carboxylic acids is 1. The Labute approximate surface area is 147 Å². The van der Waals surface area contributed by atoms with Crippen molar-refractivity contribution in [3.05, 3.63) is 24.0 Å². The summed E-state index contributed by atoms with van der Waals surface area (Å²) in [6.45, 7) is 5.68. The molecule has 1 aromatic carbocycles. The Bertz CT molecular complexity index is 803. The fraction of sp³-hybridized carbons (Fsp3) is 0.500. The van der Waals surface area contributed by atoms with Crippen molar-refractivity contribution in [1.82, 2.24) is 14.5 Å². The van der Waals surface area contributed by atoms with E-state index in [1.165, 1.54) is 0 Å². The lowest BCUT2D eigenvalue weighted by Crippen LogP contribution is -2.48. The Balaban J connectivity index is 1.89. The first-order valence-electron chi connectivity index (χ1n) is 8.65. The Morgan fingerprint density at radius 3 is 2.68 bits per heavy atom. The fourth-order valence-corrected chi connectivity index (χ4v) is 3.59. The largest absolute Gasteiger partial charge is 0.368 e. The van der Waals surface area contributed by atoms with Gasteiger partial charge in [0.15, 0.2) is 0 Å². The van der Waals surface area contributed by atoms with Crippen LogP contribution in [0.3, 0.4) is 0 Å². The van der Waals surface area contributed by atoms with Crippen LogP contribution in [0.15, 0.2) is 18.2 Å². The summed E-state index contributed by atoms with van der Waals surface area (Å²) in [5.74, 6) is 1.24. The first-order valence-corrected chi connectivity index (χ1v) is 8.65. The lowest BCUT2D eigenvalue weighted by molar-refractivity contribution is -0.116. The van der Waals surface area contributed by atoms with Gasteiger partial charge in [-0.05, 0) is 44.9 Å². The van der Waals surface area contributed by atoms with Crippen molar-refractivity contribution in [2.45, 2.75) is 32.7 Å². The van der Waals surface area contributed by atoms with E-state index in [4.69, 9.17) is 11.1 Å². The quantitative estimate of drug-likeness (QED) is 0.653. The number of likely N-dealkylation sites (tertiary alicyclic amines) is 1. The van der Waals surface area contributed by atoms with E-state index in [-0.39, 0.29) is 18.5 Å². The summed E-state index contributed by atoms with van der Waals surface area (Å²) in [6, 6.07) is 6.36. The van der Waals surface area contributed by atoms with Crippen molar-refractivity contribution in [2.24, 2.45) is 12.8 Å². The molecule has 1 amide bonds. The number of nitrogens with zero attached hydrogens (tertiary/aromatic N) is 4. The number of piperidine rings is 1. The summed E-state index contributed by atoms with van der Waals surface area (Å²) >= 11 is 0. The number of amides is 1. The zero-order valence-electron chi connectivity index (χ0n) is 15.1. The van der Waals surface area contributed by atoms with Crippen LogP contribution < -0.4 is 10.6 Å². The summed E-state index contributed by atoms with van der Waals surface area (Å²) in [5, 5.41) is 7.78. The van der Waals surface area contributed by atoms with Crippen LogP contribution in [0.5, 0.6) is 0 Å². The summed E-state index contributed by atoms with van der Waals surface area (Å²) in [6.07, 6.45) is 1.82. The molecule has 1 fully saturated rings. The molecule has 2 heterocycles. The van der Waals surface area contributed by atoms with Crippen molar-refractivity contribution in [3.63, 3.8) is 0 Å². The molecule has 1 aliphatic rings. The lowest BCUT2D eigenvalue weighted by Gasteiger charge is -2.39. The molecule has 7 heteroatoms. The zero-order valence-corrected chi connectivity index (χ0v) is 15.1. The summed E-state index contributed by atoms with van der Waals surface area (Å²) in [5.41, 5.74) is 8.52. The van der Waals surface area contributed by atoms with Gasteiger partial charge in [-0.2, -0.15) is 0 Å². The standard InChI is InChI=1S/C18H26N6O/c1-12(19)23-8-6-14(7-9-23)24(11-18(20)25)15-4-5-16-17(10-15)22(3)13(2)21-16/h4-5,10,14,19H,6-9,11H2,1-3H3,(H2,20,25). The van der Waals surface area contributed by atoms with E-state index < -0.39 is 0 Å². The van der Waals surface area contributed by atoms with Crippen LogP contribution in [0.2, 0.25) is 0 Å². The van der Waals surface area contributed by atoms with E-state index in [2.05, 4.69) is 25.4 Å². The molecule has 0 radical (unpaired) electrons. The van der Waals surface area contributed by atoms with E-state index in [0.717, 1.165) is 48.5 Å². The maximum Gasteiger partial charge on any atom is 0.236 e. The van der Waals surface area contributed by atoms with E-state index >= 15 is 0 Å². The highest BCUT2D eigenvalue weighted by molar-refractivity contribution is 5.84. The molecule has 25 heavy (non-hydrogen) atoms. The molecule has 3 N–H and O–H groups in total. The molecular weight excluding hydrogens is 316 g/mol. The minimum atomic E-state index is -0.327. The molecule has 1 aliphatic heterocycles. The van der Waals surface area contributed by atoms with Gasteiger partial charge in [0, 0.05) is 31.9 Å². The van der Waals surface area contributed by atoms with Crippen LogP contribution in [-0.4, -0.2) is 51.9 Å². The Morgan fingerprint density at radius 1 is 1.40 bits per heavy atom. The molecule has 0 atom stereocenters. The van der Waals surface area contributed by atoms with E-state index in [0.29, 0.717) is 5.84 Å². The molecule has 0 saturated carbocycles. The average molecular weight is 342 g/mol. The molecule has 2 aromatic rings. The van der Waals surface area contributed by atoms with E-state index in [1.807, 2.05) is 33.0 Å². The number of nitrogens with two attached hydrogens (primary N) is 1. The summed E-state index contributed by atoms with van der Waals surface area (Å²) < 4.78 is 2.06. The SMILES string of the molecule is CC(=N)N1CCC(N(CC(N)=O)c2ccc3nc(C)n(C)c3c2)CC1. The topological polar surface area (TPSA) is 91.2 Å². The predicted molar refractivity (Wildman–Crippen MR) is 100.0 cm³/mol. The number of anilines is 1. The highest BCUT2D eigenvalue weighted by Gasteiger charge is 2.26. The molecule has 0 spiro atoms. The number of hydrogen-bond acceptors (Lipinski definition) is 4. The van der Waals surface area contributed by atoms with Gasteiger partial charge in [0.2, 0.25) is 5.91 Å². The fourth-order valence-electron chi connectivity index (χ4n) is 3.59. The number of rotatable bonds is 4. The number of amidine groups is 1. The average Bonchev–Trinajstić information content (AvgIpc) is 2.87. The second kappa shape index (κ2) is 6.74. The molecule has 1 saturated heterocycles. The number of primary amides is 1. The first-order chi connectivity index (χ1) is 11.9. The van der Waals surface area contributed by atoms with Gasteiger partial charge in [0.05, 0.1) is 23.4 Å². The van der Waals surface area contributed by atoms with Gasteiger partial charge in [0.1, 0.15) is 5.82 Å². The maximum absolute atomic E-state index is 11.7. The Kier molecular flexibility index (Phi) is 4.65. The van der Waals surface area contributed by atoms with Crippen LogP contribution >= 0.6 is 0 Å². The molecular formula is C18H26N6O. The number of fused-ring (bicyclic) bond motifs is 1. The minimum absolute atomic E-state index is 0.205. The van der Waals surface area contributed by atoms with Crippen molar-refractivity contribution in [3.8, 4) is 0 Å². The van der Waals surface area contributed by atoms with Gasteiger partial charge >= 0.3 is 0 Å². The normalized spacial score (nSPS) is 15.6. The molecule has 0 unspecified atom stereocenters. The first kappa shape index (κ1) is 17.3. The number of carbonyl (C=O) groups is 1. The molecule has 3 rings (SSSR count). The van der Waals surface area contributed by atoms with E-state index in [1.54, 1.807) is 0 Å². The maximum atomic E-state index is 11.7. The van der Waals surface area contributed by atoms with Crippen LogP contribution in [0.1, 0.15) is 25.6 Å². The van der Waals surface area contributed by atoms with E-state index in [9.17, 15) is 4.79 Å². The van der Waals surface area contributed by atoms with Gasteiger partial charge in [-0.3, -0.25) is 10.2 Å². The van der Waals surface area contributed by atoms with Crippen LogP contribution in [0, 0.1) is 12.3 Å². The Hall–Kier alpha value is -2.57. The van der Waals surface area contributed by atoms with Crippen LogP contribution in [0.4, 0.5) is 5.69 Å². The molecule has 0 bridgehead atoms. The number of aromatic nitrogens is 2. The van der Waals surface area contributed by atoms with Gasteiger partial charge in [0.25, 0.3) is 0 Å². The highest BCUT2D eigenvalue weighted by atomic mass is 16.1. The number of aryl methyl sites for hydroxylation is 2. The Morgan fingerprint density at radius 2 is 2.08 bits per heavy atom.